The van der Waals surface area contributed by atoms with Gasteiger partial charge in [0.2, 0.25) is 5.88 Å². The first-order valence-electron chi connectivity index (χ1n) is 6.67. The number of nitrogens with two attached hydrogens (primary N) is 1. The lowest BCUT2D eigenvalue weighted by molar-refractivity contribution is 0.117. The second-order valence-electron chi connectivity index (χ2n) is 4.96. The van der Waals surface area contributed by atoms with Crippen molar-refractivity contribution in [1.82, 2.24) is 4.98 Å². The average Bonchev–Trinajstić information content (AvgIpc) is 2.39. The number of nitrogens with zero attached hydrogens (tertiary/aromatic N) is 1. The van der Waals surface area contributed by atoms with Crippen LogP contribution in [0.25, 0.3) is 0 Å². The average molecular weight is 247 g/mol. The number of aromatic nitrogens is 1. The van der Waals surface area contributed by atoms with Crippen molar-refractivity contribution in [3.8, 4) is 5.88 Å². The number of pyridine rings is 1. The first kappa shape index (κ1) is 12.9. The van der Waals surface area contributed by atoms with Crippen molar-refractivity contribution < 1.29 is 4.74 Å². The second-order valence-corrected chi connectivity index (χ2v) is 4.96. The van der Waals surface area contributed by atoms with E-state index in [4.69, 9.17) is 15.9 Å². The number of nitrogens with one attached hydrogen (secondary N) is 1. The van der Waals surface area contributed by atoms with Crippen LogP contribution in [0.1, 0.15) is 44.7 Å². The molecule has 1 aromatic heterocycles. The molecule has 0 aromatic carbocycles. The van der Waals surface area contributed by atoms with Crippen LogP contribution in [0.3, 0.4) is 0 Å². The van der Waals surface area contributed by atoms with Crippen molar-refractivity contribution in [3.05, 3.63) is 23.9 Å². The van der Waals surface area contributed by atoms with Crippen molar-refractivity contribution in [2.24, 2.45) is 11.7 Å². The number of hydrogen-bond acceptors (Lipinski definition) is 3. The maximum atomic E-state index is 7.37. The molecule has 2 unspecified atom stereocenters. The number of amidine groups is 1. The van der Waals surface area contributed by atoms with Crippen LogP contribution < -0.4 is 10.5 Å². The van der Waals surface area contributed by atoms with Crippen molar-refractivity contribution in [2.45, 2.75) is 45.1 Å². The van der Waals surface area contributed by atoms with E-state index in [0.717, 1.165) is 18.8 Å². The van der Waals surface area contributed by atoms with Crippen LogP contribution in [-0.2, 0) is 0 Å². The number of ether oxygens (including phenoxy) is 1. The SMILES string of the molecule is CCC1CCCC(Oc2cccc(C(=N)N)n2)C1. The summed E-state index contributed by atoms with van der Waals surface area (Å²) < 4.78 is 5.91. The van der Waals surface area contributed by atoms with Gasteiger partial charge in [0, 0.05) is 6.07 Å². The quantitative estimate of drug-likeness (QED) is 0.634. The van der Waals surface area contributed by atoms with Crippen molar-refractivity contribution in [1.29, 1.82) is 5.41 Å². The topological polar surface area (TPSA) is 72.0 Å². The molecule has 2 atom stereocenters. The van der Waals surface area contributed by atoms with Gasteiger partial charge in [-0.25, -0.2) is 4.98 Å². The van der Waals surface area contributed by atoms with Crippen molar-refractivity contribution in [2.75, 3.05) is 0 Å². The van der Waals surface area contributed by atoms with Crippen LogP contribution in [0.15, 0.2) is 18.2 Å². The van der Waals surface area contributed by atoms with Crippen LogP contribution in [0.2, 0.25) is 0 Å². The molecule has 0 aliphatic heterocycles. The van der Waals surface area contributed by atoms with Crippen molar-refractivity contribution in [3.63, 3.8) is 0 Å². The highest BCUT2D eigenvalue weighted by Crippen LogP contribution is 2.29. The molecule has 0 bridgehead atoms. The molecule has 2 rings (SSSR count). The number of hydrogen-bond donors (Lipinski definition) is 2. The van der Waals surface area contributed by atoms with E-state index in [2.05, 4.69) is 11.9 Å². The third-order valence-electron chi connectivity index (χ3n) is 3.60. The minimum atomic E-state index is -0.0180. The van der Waals surface area contributed by atoms with Gasteiger partial charge < -0.3 is 10.5 Å². The van der Waals surface area contributed by atoms with Gasteiger partial charge in [-0.05, 0) is 31.2 Å². The van der Waals surface area contributed by atoms with Gasteiger partial charge in [0.05, 0.1) is 0 Å². The summed E-state index contributed by atoms with van der Waals surface area (Å²) in [6, 6.07) is 5.39. The summed E-state index contributed by atoms with van der Waals surface area (Å²) in [5, 5.41) is 7.37. The monoisotopic (exact) mass is 247 g/mol. The minimum absolute atomic E-state index is 0.0180. The zero-order chi connectivity index (χ0) is 13.0. The van der Waals surface area contributed by atoms with E-state index < -0.39 is 0 Å². The van der Waals surface area contributed by atoms with Gasteiger partial charge >= 0.3 is 0 Å². The third kappa shape index (κ3) is 3.22. The fraction of sp³-hybridized carbons (Fsp3) is 0.571. The Hall–Kier alpha value is -1.58. The van der Waals surface area contributed by atoms with Crippen LogP contribution in [0.5, 0.6) is 5.88 Å². The molecule has 1 aliphatic rings. The molecule has 0 spiro atoms. The summed E-state index contributed by atoms with van der Waals surface area (Å²) in [5.41, 5.74) is 5.91. The molecular formula is C14H21N3O. The molecule has 18 heavy (non-hydrogen) atoms. The molecule has 4 heteroatoms. The molecule has 4 nitrogen and oxygen atoms in total. The summed E-state index contributed by atoms with van der Waals surface area (Å²) in [4.78, 5) is 4.25. The smallest absolute Gasteiger partial charge is 0.214 e. The first-order valence-corrected chi connectivity index (χ1v) is 6.67. The van der Waals surface area contributed by atoms with Crippen LogP contribution >= 0.6 is 0 Å². The van der Waals surface area contributed by atoms with Gasteiger partial charge in [-0.3, -0.25) is 5.41 Å². The van der Waals surface area contributed by atoms with Gasteiger partial charge in [0.25, 0.3) is 0 Å². The van der Waals surface area contributed by atoms with Gasteiger partial charge in [-0.2, -0.15) is 0 Å². The van der Waals surface area contributed by atoms with Crippen LogP contribution in [0.4, 0.5) is 0 Å². The Bertz CT molecular complexity index is 419. The molecule has 1 saturated carbocycles. The molecule has 1 aromatic rings. The van der Waals surface area contributed by atoms with E-state index in [1.54, 1.807) is 6.07 Å². The number of nitrogen functional groups attached to an aromatic ring is 1. The molecule has 0 radical (unpaired) electrons. The molecule has 3 N–H and O–H groups in total. The summed E-state index contributed by atoms with van der Waals surface area (Å²) >= 11 is 0. The summed E-state index contributed by atoms with van der Waals surface area (Å²) in [6.45, 7) is 2.24. The molecule has 1 fully saturated rings. The Morgan fingerprint density at radius 1 is 1.50 bits per heavy atom. The van der Waals surface area contributed by atoms with Gasteiger partial charge in [-0.15, -0.1) is 0 Å². The van der Waals surface area contributed by atoms with Crippen LogP contribution in [-0.4, -0.2) is 16.9 Å². The Morgan fingerprint density at radius 3 is 3.06 bits per heavy atom. The first-order chi connectivity index (χ1) is 8.69. The summed E-state index contributed by atoms with van der Waals surface area (Å²) in [6.07, 6.45) is 6.25. The normalized spacial score (nSPS) is 23.6. The Balaban J connectivity index is 2.00. The fourth-order valence-electron chi connectivity index (χ4n) is 2.52. The highest BCUT2D eigenvalue weighted by molar-refractivity contribution is 5.93. The van der Waals surface area contributed by atoms with E-state index in [-0.39, 0.29) is 11.9 Å². The van der Waals surface area contributed by atoms with Crippen LogP contribution in [0, 0.1) is 11.3 Å². The second kappa shape index (κ2) is 5.85. The predicted octanol–water partition coefficient (Wildman–Crippen LogP) is 2.71. The van der Waals surface area contributed by atoms with E-state index in [1.807, 2.05) is 12.1 Å². The Labute approximate surface area is 108 Å². The van der Waals surface area contributed by atoms with E-state index in [1.165, 1.54) is 19.3 Å². The van der Waals surface area contributed by atoms with Gasteiger partial charge in [-0.1, -0.05) is 25.8 Å². The maximum absolute atomic E-state index is 7.37. The fourth-order valence-corrected chi connectivity index (χ4v) is 2.52. The summed E-state index contributed by atoms with van der Waals surface area (Å²) in [7, 11) is 0. The minimum Gasteiger partial charge on any atom is -0.474 e. The maximum Gasteiger partial charge on any atom is 0.214 e. The molecule has 1 heterocycles. The lowest BCUT2D eigenvalue weighted by Gasteiger charge is -2.28. The largest absolute Gasteiger partial charge is 0.474 e. The van der Waals surface area contributed by atoms with Crippen molar-refractivity contribution >= 4 is 5.84 Å². The molecule has 1 aliphatic carbocycles. The molecule has 98 valence electrons. The van der Waals surface area contributed by atoms with Gasteiger partial charge in [0.1, 0.15) is 17.6 Å². The van der Waals surface area contributed by atoms with Gasteiger partial charge in [0.15, 0.2) is 0 Å². The molecule has 0 saturated heterocycles. The molecular weight excluding hydrogens is 226 g/mol. The molecule has 0 amide bonds. The Kier molecular flexibility index (Phi) is 4.18. The lowest BCUT2D eigenvalue weighted by atomic mass is 9.85. The van der Waals surface area contributed by atoms with E-state index >= 15 is 0 Å². The zero-order valence-electron chi connectivity index (χ0n) is 10.9. The number of rotatable bonds is 4. The predicted molar refractivity (Wildman–Crippen MR) is 71.9 cm³/mol. The highest BCUT2D eigenvalue weighted by Gasteiger charge is 2.22. The lowest BCUT2D eigenvalue weighted by Crippen LogP contribution is -2.25. The standard InChI is InChI=1S/C14H21N3O/c1-2-10-5-3-6-11(9-10)18-13-8-4-7-12(17-13)14(15)16/h4,7-8,10-11H,2-3,5-6,9H2,1H3,(H3,15,16). The third-order valence-corrected chi connectivity index (χ3v) is 3.60. The summed E-state index contributed by atoms with van der Waals surface area (Å²) in [5.74, 6) is 1.35. The zero-order valence-corrected chi connectivity index (χ0v) is 10.9. The Morgan fingerprint density at radius 2 is 2.33 bits per heavy atom. The highest BCUT2D eigenvalue weighted by atomic mass is 16.5. The van der Waals surface area contributed by atoms with E-state index in [9.17, 15) is 0 Å². The van der Waals surface area contributed by atoms with E-state index in [0.29, 0.717) is 11.6 Å².